The van der Waals surface area contributed by atoms with Gasteiger partial charge < -0.3 is 37.9 Å². The first-order chi connectivity index (χ1) is 32.6. The van der Waals surface area contributed by atoms with E-state index in [9.17, 15) is 33.6 Å². The molecule has 0 radical (unpaired) electrons. The number of hydrogen-bond donors (Lipinski definition) is 0. The molecule has 0 aromatic heterocycles. The molecule has 0 saturated carbocycles. The number of unbranched alkanes of at least 4 members (excludes halogenated alkanes) is 3. The van der Waals surface area contributed by atoms with Gasteiger partial charge in [-0.3, -0.25) is 9.59 Å². The lowest BCUT2D eigenvalue weighted by molar-refractivity contribution is -0.163. The molecule has 0 heterocycles. The summed E-state index contributed by atoms with van der Waals surface area (Å²) in [6, 6.07) is 13.8. The van der Waals surface area contributed by atoms with Crippen LogP contribution in [0, 0.1) is 11.2 Å². The van der Waals surface area contributed by atoms with Crippen LogP contribution in [0.2, 0.25) is 0 Å². The van der Waals surface area contributed by atoms with Gasteiger partial charge in [-0.1, -0.05) is 83.3 Å². The average molecular weight is 955 g/mol. The highest BCUT2D eigenvalue weighted by molar-refractivity contribution is 5.95. The van der Waals surface area contributed by atoms with Crippen LogP contribution in [0.4, 0.5) is 4.39 Å². The molecule has 0 aliphatic carbocycles. The standard InChI is InChI=1S/C53H59FO15/c1-12-13-14-15-16-37-17-22-40(43(54)25-37)42-27-44(68-49(58)33(4)5)41(26-45(42)69-50(59)34(6)7)38-18-20-39(21-19-38)64-28-53(31-67-48(57)32(2)3,29-65-46(55)23-35(8)51(60)62-10)30-66-47(56)24-36(9)52(61)63-11/h17-22,25-27H,2,4,6,8-9,12-16,23-24,28-31H2,1,3,5,7,10-11H3. The Morgan fingerprint density at radius 3 is 1.52 bits per heavy atom. The highest BCUT2D eigenvalue weighted by Gasteiger charge is 2.38. The predicted molar refractivity (Wildman–Crippen MR) is 253 cm³/mol. The van der Waals surface area contributed by atoms with Crippen LogP contribution in [0.25, 0.3) is 22.3 Å². The van der Waals surface area contributed by atoms with Crippen LogP contribution in [-0.2, 0) is 63.7 Å². The first kappa shape index (κ1) is 55.7. The summed E-state index contributed by atoms with van der Waals surface area (Å²) in [6.07, 6.45) is 3.54. The van der Waals surface area contributed by atoms with Gasteiger partial charge in [0, 0.05) is 44.6 Å². The van der Waals surface area contributed by atoms with Gasteiger partial charge in [-0.05, 0) is 75.1 Å². The summed E-state index contributed by atoms with van der Waals surface area (Å²) in [4.78, 5) is 88.4. The zero-order chi connectivity index (χ0) is 51.4. The molecule has 15 nitrogen and oxygen atoms in total. The molecule has 0 aliphatic heterocycles. The van der Waals surface area contributed by atoms with Crippen LogP contribution in [0.15, 0.2) is 115 Å². The summed E-state index contributed by atoms with van der Waals surface area (Å²) < 4.78 is 59.4. The second-order valence-electron chi connectivity index (χ2n) is 16.3. The van der Waals surface area contributed by atoms with Crippen molar-refractivity contribution in [2.75, 3.05) is 40.6 Å². The molecule has 368 valence electrons. The Morgan fingerprint density at radius 2 is 1.04 bits per heavy atom. The molecular formula is C53H59FO15. The molecule has 16 heteroatoms. The second kappa shape index (κ2) is 26.6. The van der Waals surface area contributed by atoms with Gasteiger partial charge in [-0.15, -0.1) is 0 Å². The topological polar surface area (TPSA) is 193 Å². The third kappa shape index (κ3) is 17.2. The van der Waals surface area contributed by atoms with Crippen LogP contribution in [0.1, 0.15) is 71.8 Å². The SMILES string of the molecule is C=C(C)C(=O)OCC(COC(=O)CC(=C)C(=O)OC)(COC(=O)CC(=C)C(=O)OC)COc1ccc(-c2cc(OC(=O)C(=C)C)c(-c3ccc(CCCCCC)cc3F)cc2OC(=O)C(=C)C)cc1. The maximum atomic E-state index is 16.0. The Kier molecular flexibility index (Phi) is 21.5. The lowest BCUT2D eigenvalue weighted by atomic mass is 9.92. The molecule has 0 amide bonds. The zero-order valence-electron chi connectivity index (χ0n) is 40.0. The second-order valence-corrected chi connectivity index (χ2v) is 16.3. The first-order valence-corrected chi connectivity index (χ1v) is 21.8. The molecule has 0 spiro atoms. The number of benzene rings is 3. The van der Waals surface area contributed by atoms with Gasteiger partial charge in [-0.25, -0.2) is 28.4 Å². The maximum Gasteiger partial charge on any atom is 0.338 e. The molecule has 0 bridgehead atoms. The third-order valence-electron chi connectivity index (χ3n) is 10.1. The molecule has 0 N–H and O–H groups in total. The number of carbonyl (C=O) groups excluding carboxylic acids is 7. The quantitative estimate of drug-likeness (QED) is 0.0231. The zero-order valence-corrected chi connectivity index (χ0v) is 40.0. The minimum Gasteiger partial charge on any atom is -0.493 e. The van der Waals surface area contributed by atoms with Crippen molar-refractivity contribution in [3.63, 3.8) is 0 Å². The van der Waals surface area contributed by atoms with Gasteiger partial charge >= 0.3 is 41.8 Å². The summed E-state index contributed by atoms with van der Waals surface area (Å²) in [5.74, 6) is -6.49. The van der Waals surface area contributed by atoms with Crippen LogP contribution in [-0.4, -0.2) is 82.4 Å². The summed E-state index contributed by atoms with van der Waals surface area (Å²) >= 11 is 0. The van der Waals surface area contributed by atoms with E-state index in [-0.39, 0.29) is 61.8 Å². The Labute approximate surface area is 401 Å². The van der Waals surface area contributed by atoms with E-state index in [1.54, 1.807) is 24.3 Å². The number of rotatable bonds is 27. The van der Waals surface area contributed by atoms with Crippen molar-refractivity contribution in [1.82, 2.24) is 0 Å². The normalized spacial score (nSPS) is 10.7. The van der Waals surface area contributed by atoms with E-state index in [1.807, 2.05) is 0 Å². The summed E-state index contributed by atoms with van der Waals surface area (Å²) in [6.45, 7) is 22.2. The van der Waals surface area contributed by atoms with E-state index in [0.717, 1.165) is 45.5 Å². The number of aryl methyl sites for hydroxylation is 1. The number of carbonyl (C=O) groups is 7. The molecule has 69 heavy (non-hydrogen) atoms. The van der Waals surface area contributed by atoms with Crippen LogP contribution in [0.5, 0.6) is 17.2 Å². The minimum atomic E-state index is -1.64. The predicted octanol–water partition coefficient (Wildman–Crippen LogP) is 9.06. The number of hydrogen-bond acceptors (Lipinski definition) is 15. The summed E-state index contributed by atoms with van der Waals surface area (Å²) in [7, 11) is 2.22. The van der Waals surface area contributed by atoms with E-state index in [1.165, 1.54) is 51.1 Å². The van der Waals surface area contributed by atoms with Crippen molar-refractivity contribution in [2.24, 2.45) is 5.41 Å². The fraction of sp³-hybridized carbons (Fsp3) is 0.340. The molecule has 0 aliphatic rings. The van der Waals surface area contributed by atoms with Crippen LogP contribution >= 0.6 is 0 Å². The van der Waals surface area contributed by atoms with Crippen molar-refractivity contribution < 1.29 is 75.8 Å². The summed E-state index contributed by atoms with van der Waals surface area (Å²) in [5.41, 5.74) is -0.298. The first-order valence-electron chi connectivity index (χ1n) is 21.8. The van der Waals surface area contributed by atoms with E-state index < -0.39 is 92.3 Å². The molecule has 3 aromatic rings. The van der Waals surface area contributed by atoms with Gasteiger partial charge in [0.15, 0.2) is 0 Å². The Morgan fingerprint density at radius 1 is 0.551 bits per heavy atom. The van der Waals surface area contributed by atoms with Crippen LogP contribution in [0.3, 0.4) is 0 Å². The van der Waals surface area contributed by atoms with E-state index in [2.05, 4.69) is 49.3 Å². The lowest BCUT2D eigenvalue weighted by Crippen LogP contribution is -2.44. The Bertz CT molecular complexity index is 2430. The van der Waals surface area contributed by atoms with E-state index in [0.29, 0.717) is 12.0 Å². The van der Waals surface area contributed by atoms with Crippen molar-refractivity contribution in [3.05, 3.63) is 127 Å². The number of methoxy groups -OCH3 is 2. The Balaban J connectivity index is 2.12. The molecule has 0 fully saturated rings. The van der Waals surface area contributed by atoms with Crippen molar-refractivity contribution in [2.45, 2.75) is 72.6 Å². The Hall–Kier alpha value is -7.62. The molecule has 0 saturated heterocycles. The molecule has 0 atom stereocenters. The largest absolute Gasteiger partial charge is 0.493 e. The van der Waals surface area contributed by atoms with Gasteiger partial charge in [0.1, 0.15) is 54.9 Å². The average Bonchev–Trinajstić information content (AvgIpc) is 3.32. The maximum absolute atomic E-state index is 16.0. The monoisotopic (exact) mass is 954 g/mol. The number of esters is 7. The minimum absolute atomic E-state index is 0.0215. The highest BCUT2D eigenvalue weighted by Crippen LogP contribution is 2.43. The van der Waals surface area contributed by atoms with E-state index >= 15 is 4.39 Å². The van der Waals surface area contributed by atoms with E-state index in [4.69, 9.17) is 28.4 Å². The van der Waals surface area contributed by atoms with Crippen LogP contribution < -0.4 is 14.2 Å². The van der Waals surface area contributed by atoms with Crippen molar-refractivity contribution in [3.8, 4) is 39.5 Å². The number of ether oxygens (including phenoxy) is 8. The smallest absolute Gasteiger partial charge is 0.338 e. The van der Waals surface area contributed by atoms with Gasteiger partial charge in [0.2, 0.25) is 0 Å². The molecular weight excluding hydrogens is 896 g/mol. The van der Waals surface area contributed by atoms with Crippen molar-refractivity contribution in [1.29, 1.82) is 0 Å². The van der Waals surface area contributed by atoms with Gasteiger partial charge in [0.25, 0.3) is 0 Å². The molecule has 3 aromatic carbocycles. The fourth-order valence-corrected chi connectivity index (χ4v) is 6.14. The third-order valence-corrected chi connectivity index (χ3v) is 10.1. The molecule has 3 rings (SSSR count). The number of halogens is 1. The summed E-state index contributed by atoms with van der Waals surface area (Å²) in [5, 5.41) is 0. The fourth-order valence-electron chi connectivity index (χ4n) is 6.14. The van der Waals surface area contributed by atoms with Gasteiger partial charge in [-0.2, -0.15) is 0 Å². The van der Waals surface area contributed by atoms with Crippen molar-refractivity contribution >= 4 is 41.8 Å². The lowest BCUT2D eigenvalue weighted by Gasteiger charge is -2.32. The molecule has 0 unspecified atom stereocenters. The van der Waals surface area contributed by atoms with Gasteiger partial charge in [0.05, 0.1) is 27.1 Å². The highest BCUT2D eigenvalue weighted by atomic mass is 19.1.